The number of carbonyl (C=O) groups excluding carboxylic acids is 1. The van der Waals surface area contributed by atoms with Crippen molar-refractivity contribution in [1.82, 2.24) is 15.1 Å². The number of nitrogens with two attached hydrogens (primary N) is 1. The van der Waals surface area contributed by atoms with Crippen LogP contribution in [0.4, 0.5) is 5.82 Å². The number of nitrogens with zero attached hydrogens (tertiary/aromatic N) is 2. The zero-order valence-electron chi connectivity index (χ0n) is 9.43. The van der Waals surface area contributed by atoms with E-state index in [2.05, 4.69) is 10.2 Å². The Labute approximate surface area is 93.8 Å². The third-order valence-corrected chi connectivity index (χ3v) is 2.53. The van der Waals surface area contributed by atoms with E-state index in [0.29, 0.717) is 24.6 Å². The molecule has 1 aliphatic heterocycles. The number of nitrogens with one attached hydrogen (secondary N) is 1. The first kappa shape index (κ1) is 10.9. The predicted molar refractivity (Wildman–Crippen MR) is 58.9 cm³/mol. The quantitative estimate of drug-likeness (QED) is 0.715. The summed E-state index contributed by atoms with van der Waals surface area (Å²) >= 11 is 0. The molecule has 1 aromatic rings. The molecule has 0 radical (unpaired) electrons. The Balaban J connectivity index is 2.09. The Bertz CT molecular complexity index is 380. The molecule has 0 aromatic carbocycles. The summed E-state index contributed by atoms with van der Waals surface area (Å²) in [5.41, 5.74) is 5.89. The van der Waals surface area contributed by atoms with Crippen molar-refractivity contribution in [2.75, 3.05) is 18.8 Å². The van der Waals surface area contributed by atoms with Crippen LogP contribution in [0.15, 0.2) is 6.07 Å². The third kappa shape index (κ3) is 2.16. The number of H-pyrrole nitrogens is 1. The SMILES string of the molecule is CC1CN(C(=O)c2cc(N)n[nH]2)CC(C)O1. The summed E-state index contributed by atoms with van der Waals surface area (Å²) in [5, 5.41) is 6.37. The monoisotopic (exact) mass is 224 g/mol. The van der Waals surface area contributed by atoms with Crippen molar-refractivity contribution >= 4 is 11.7 Å². The molecule has 1 amide bonds. The van der Waals surface area contributed by atoms with Gasteiger partial charge in [0.15, 0.2) is 0 Å². The van der Waals surface area contributed by atoms with Gasteiger partial charge in [0.05, 0.1) is 12.2 Å². The van der Waals surface area contributed by atoms with Gasteiger partial charge in [-0.15, -0.1) is 0 Å². The number of morpholine rings is 1. The Hall–Kier alpha value is -1.56. The molecule has 2 heterocycles. The van der Waals surface area contributed by atoms with Gasteiger partial charge >= 0.3 is 0 Å². The number of nitrogen functional groups attached to an aromatic ring is 1. The average molecular weight is 224 g/mol. The van der Waals surface area contributed by atoms with Gasteiger partial charge in [-0.3, -0.25) is 9.89 Å². The van der Waals surface area contributed by atoms with Crippen LogP contribution in [0.25, 0.3) is 0 Å². The minimum atomic E-state index is -0.0776. The van der Waals surface area contributed by atoms with E-state index in [-0.39, 0.29) is 18.1 Å². The summed E-state index contributed by atoms with van der Waals surface area (Å²) in [7, 11) is 0. The second-order valence-electron chi connectivity index (χ2n) is 4.17. The minimum absolute atomic E-state index is 0.0629. The molecule has 1 aromatic heterocycles. The third-order valence-electron chi connectivity index (χ3n) is 2.53. The topological polar surface area (TPSA) is 84.2 Å². The molecule has 6 heteroatoms. The summed E-state index contributed by atoms with van der Waals surface area (Å²) in [6, 6.07) is 1.55. The van der Waals surface area contributed by atoms with Gasteiger partial charge in [0.2, 0.25) is 0 Å². The normalized spacial score (nSPS) is 25.8. The van der Waals surface area contributed by atoms with Crippen LogP contribution in [0, 0.1) is 0 Å². The van der Waals surface area contributed by atoms with E-state index >= 15 is 0 Å². The molecule has 1 saturated heterocycles. The predicted octanol–water partition coefficient (Wildman–Crippen LogP) is 0.241. The number of hydrogen-bond acceptors (Lipinski definition) is 4. The zero-order chi connectivity index (χ0) is 11.7. The number of amides is 1. The van der Waals surface area contributed by atoms with Crippen LogP contribution in [0.1, 0.15) is 24.3 Å². The molecular weight excluding hydrogens is 208 g/mol. The first-order chi connectivity index (χ1) is 7.56. The lowest BCUT2D eigenvalue weighted by molar-refractivity contribution is -0.0587. The number of hydrogen-bond donors (Lipinski definition) is 2. The Morgan fingerprint density at radius 2 is 2.19 bits per heavy atom. The van der Waals surface area contributed by atoms with Gasteiger partial charge in [-0.2, -0.15) is 5.10 Å². The van der Waals surface area contributed by atoms with Crippen molar-refractivity contribution in [2.24, 2.45) is 0 Å². The Morgan fingerprint density at radius 1 is 1.56 bits per heavy atom. The van der Waals surface area contributed by atoms with E-state index in [4.69, 9.17) is 10.5 Å². The smallest absolute Gasteiger partial charge is 0.272 e. The number of aromatic nitrogens is 2. The van der Waals surface area contributed by atoms with E-state index in [0.717, 1.165) is 0 Å². The highest BCUT2D eigenvalue weighted by Gasteiger charge is 2.27. The minimum Gasteiger partial charge on any atom is -0.382 e. The molecule has 3 N–H and O–H groups in total. The molecule has 0 saturated carbocycles. The molecule has 2 rings (SSSR count). The average Bonchev–Trinajstić information content (AvgIpc) is 2.62. The van der Waals surface area contributed by atoms with Gasteiger partial charge in [0.1, 0.15) is 11.5 Å². The van der Waals surface area contributed by atoms with E-state index in [1.807, 2.05) is 13.8 Å². The van der Waals surface area contributed by atoms with Crippen LogP contribution in [0.3, 0.4) is 0 Å². The van der Waals surface area contributed by atoms with Crippen LogP contribution in [-0.2, 0) is 4.74 Å². The number of rotatable bonds is 1. The molecule has 0 bridgehead atoms. The first-order valence-electron chi connectivity index (χ1n) is 5.32. The number of anilines is 1. The van der Waals surface area contributed by atoms with Crippen LogP contribution >= 0.6 is 0 Å². The van der Waals surface area contributed by atoms with Gasteiger partial charge in [-0.25, -0.2) is 0 Å². The van der Waals surface area contributed by atoms with Crippen molar-refractivity contribution in [1.29, 1.82) is 0 Å². The van der Waals surface area contributed by atoms with Crippen molar-refractivity contribution in [3.63, 3.8) is 0 Å². The van der Waals surface area contributed by atoms with Gasteiger partial charge in [-0.1, -0.05) is 0 Å². The highest BCUT2D eigenvalue weighted by Crippen LogP contribution is 2.14. The molecule has 1 fully saturated rings. The Morgan fingerprint density at radius 3 is 2.69 bits per heavy atom. The molecule has 16 heavy (non-hydrogen) atoms. The molecular formula is C10H16N4O2. The maximum Gasteiger partial charge on any atom is 0.272 e. The highest BCUT2D eigenvalue weighted by atomic mass is 16.5. The largest absolute Gasteiger partial charge is 0.382 e. The molecule has 88 valence electrons. The molecule has 6 nitrogen and oxygen atoms in total. The summed E-state index contributed by atoms with van der Waals surface area (Å²) < 4.78 is 5.56. The van der Waals surface area contributed by atoms with Crippen LogP contribution in [0.5, 0.6) is 0 Å². The van der Waals surface area contributed by atoms with E-state index in [9.17, 15) is 4.79 Å². The van der Waals surface area contributed by atoms with Crippen LogP contribution in [-0.4, -0.2) is 46.3 Å². The van der Waals surface area contributed by atoms with Crippen LogP contribution in [0.2, 0.25) is 0 Å². The zero-order valence-corrected chi connectivity index (χ0v) is 9.43. The maximum atomic E-state index is 12.0. The fraction of sp³-hybridized carbons (Fsp3) is 0.600. The van der Waals surface area contributed by atoms with Gasteiger partial charge < -0.3 is 15.4 Å². The molecule has 2 atom stereocenters. The van der Waals surface area contributed by atoms with E-state index in [1.165, 1.54) is 0 Å². The molecule has 0 spiro atoms. The first-order valence-corrected chi connectivity index (χ1v) is 5.32. The Kier molecular flexibility index (Phi) is 2.82. The van der Waals surface area contributed by atoms with Crippen molar-refractivity contribution in [3.05, 3.63) is 11.8 Å². The fourth-order valence-electron chi connectivity index (χ4n) is 1.96. The second kappa shape index (κ2) is 4.13. The number of carbonyl (C=O) groups is 1. The summed E-state index contributed by atoms with van der Waals surface area (Å²) in [6.07, 6.45) is 0.126. The van der Waals surface area contributed by atoms with Gasteiger partial charge in [-0.05, 0) is 13.8 Å². The van der Waals surface area contributed by atoms with E-state index < -0.39 is 0 Å². The summed E-state index contributed by atoms with van der Waals surface area (Å²) in [5.74, 6) is 0.254. The van der Waals surface area contributed by atoms with Gasteiger partial charge in [0.25, 0.3) is 5.91 Å². The molecule has 2 unspecified atom stereocenters. The maximum absolute atomic E-state index is 12.0. The fourth-order valence-corrected chi connectivity index (χ4v) is 1.96. The lowest BCUT2D eigenvalue weighted by Crippen LogP contribution is -2.48. The lowest BCUT2D eigenvalue weighted by atomic mass is 10.2. The highest BCUT2D eigenvalue weighted by molar-refractivity contribution is 5.93. The lowest BCUT2D eigenvalue weighted by Gasteiger charge is -2.34. The number of ether oxygens (including phenoxy) is 1. The van der Waals surface area contributed by atoms with Crippen molar-refractivity contribution in [2.45, 2.75) is 26.1 Å². The van der Waals surface area contributed by atoms with E-state index in [1.54, 1.807) is 11.0 Å². The summed E-state index contributed by atoms with van der Waals surface area (Å²) in [4.78, 5) is 13.8. The molecule has 1 aliphatic rings. The van der Waals surface area contributed by atoms with Crippen LogP contribution < -0.4 is 5.73 Å². The second-order valence-corrected chi connectivity index (χ2v) is 4.17. The summed E-state index contributed by atoms with van der Waals surface area (Å²) in [6.45, 7) is 5.11. The van der Waals surface area contributed by atoms with Gasteiger partial charge in [0, 0.05) is 19.2 Å². The standard InChI is InChI=1S/C10H16N4O2/c1-6-4-14(5-7(2)16-6)10(15)8-3-9(11)13-12-8/h3,6-7H,4-5H2,1-2H3,(H3,11,12,13). The van der Waals surface area contributed by atoms with Crippen molar-refractivity contribution in [3.8, 4) is 0 Å². The number of aromatic amines is 1. The molecule has 0 aliphatic carbocycles. The van der Waals surface area contributed by atoms with Crippen molar-refractivity contribution < 1.29 is 9.53 Å².